The molecule has 0 unspecified atom stereocenters. The summed E-state index contributed by atoms with van der Waals surface area (Å²) in [6.45, 7) is 2.90. The van der Waals surface area contributed by atoms with Gasteiger partial charge >= 0.3 is 0 Å². The lowest BCUT2D eigenvalue weighted by molar-refractivity contribution is -0.384. The average molecular weight is 278 g/mol. The molecule has 7 heteroatoms. The van der Waals surface area contributed by atoms with Crippen LogP contribution < -0.4 is 5.32 Å². The Balaban J connectivity index is 1.98. The predicted molar refractivity (Wildman–Crippen MR) is 73.1 cm³/mol. The molecule has 0 bridgehead atoms. The molecular weight excluding hydrogens is 263 g/mol. The summed E-state index contributed by atoms with van der Waals surface area (Å²) in [6, 6.07) is 2.41. The van der Waals surface area contributed by atoms with Crippen molar-refractivity contribution in [3.8, 4) is 0 Å². The number of benzene rings is 1. The van der Waals surface area contributed by atoms with Crippen LogP contribution in [0.4, 0.5) is 15.8 Å². The highest BCUT2D eigenvalue weighted by molar-refractivity contribution is 5.63. The molecule has 0 fully saturated rings. The summed E-state index contributed by atoms with van der Waals surface area (Å²) in [4.78, 5) is 14.2. The number of hydrogen-bond acceptors (Lipinski definition) is 4. The molecule has 0 amide bonds. The van der Waals surface area contributed by atoms with Crippen molar-refractivity contribution < 1.29 is 9.31 Å². The quantitative estimate of drug-likeness (QED) is 0.501. The van der Waals surface area contributed by atoms with Gasteiger partial charge in [0.25, 0.3) is 5.69 Å². The van der Waals surface area contributed by atoms with Gasteiger partial charge in [0.2, 0.25) is 0 Å². The SMILES string of the molecule is Cc1cc(NCCCn2ccnc2)c([N+](=O)[O-])cc1F. The monoisotopic (exact) mass is 278 g/mol. The van der Waals surface area contributed by atoms with Crippen LogP contribution in [0.5, 0.6) is 0 Å². The first-order valence-electron chi connectivity index (χ1n) is 6.22. The summed E-state index contributed by atoms with van der Waals surface area (Å²) in [5.41, 5.74) is 0.489. The van der Waals surface area contributed by atoms with E-state index in [1.807, 2.05) is 10.8 Å². The minimum Gasteiger partial charge on any atom is -0.379 e. The largest absolute Gasteiger partial charge is 0.379 e. The molecule has 0 saturated carbocycles. The van der Waals surface area contributed by atoms with Gasteiger partial charge in [-0.2, -0.15) is 0 Å². The van der Waals surface area contributed by atoms with Crippen molar-refractivity contribution in [1.82, 2.24) is 9.55 Å². The Morgan fingerprint density at radius 3 is 2.95 bits per heavy atom. The third-order valence-electron chi connectivity index (χ3n) is 2.94. The van der Waals surface area contributed by atoms with Crippen LogP contribution in [0.15, 0.2) is 30.9 Å². The summed E-state index contributed by atoms with van der Waals surface area (Å²) in [5.74, 6) is -0.569. The molecule has 0 aliphatic rings. The van der Waals surface area contributed by atoms with Gasteiger partial charge in [-0.05, 0) is 25.0 Å². The van der Waals surface area contributed by atoms with E-state index in [1.165, 1.54) is 6.07 Å². The zero-order chi connectivity index (χ0) is 14.5. The number of hydrogen-bond donors (Lipinski definition) is 1. The lowest BCUT2D eigenvalue weighted by atomic mass is 10.1. The van der Waals surface area contributed by atoms with Crippen LogP contribution in [-0.4, -0.2) is 21.0 Å². The molecule has 1 N–H and O–H groups in total. The van der Waals surface area contributed by atoms with Gasteiger partial charge in [-0.3, -0.25) is 10.1 Å². The number of nitro groups is 1. The Labute approximate surface area is 115 Å². The van der Waals surface area contributed by atoms with Crippen molar-refractivity contribution in [2.24, 2.45) is 0 Å². The van der Waals surface area contributed by atoms with Crippen LogP contribution in [0, 0.1) is 22.9 Å². The van der Waals surface area contributed by atoms with Crippen LogP contribution in [0.2, 0.25) is 0 Å². The molecule has 20 heavy (non-hydrogen) atoms. The molecule has 106 valence electrons. The van der Waals surface area contributed by atoms with E-state index < -0.39 is 10.7 Å². The van der Waals surface area contributed by atoms with Gasteiger partial charge in [0.1, 0.15) is 11.5 Å². The summed E-state index contributed by atoms with van der Waals surface area (Å²) in [5, 5.41) is 13.9. The number of halogens is 1. The number of nitrogens with zero attached hydrogens (tertiary/aromatic N) is 3. The molecule has 1 heterocycles. The maximum absolute atomic E-state index is 13.4. The second-order valence-electron chi connectivity index (χ2n) is 4.46. The van der Waals surface area contributed by atoms with Crippen molar-refractivity contribution in [2.75, 3.05) is 11.9 Å². The number of rotatable bonds is 6. The number of imidazole rings is 1. The molecule has 0 saturated heterocycles. The summed E-state index contributed by atoms with van der Waals surface area (Å²) >= 11 is 0. The highest BCUT2D eigenvalue weighted by atomic mass is 19.1. The number of anilines is 1. The molecule has 0 atom stereocenters. The molecule has 0 aliphatic heterocycles. The van der Waals surface area contributed by atoms with E-state index in [-0.39, 0.29) is 5.69 Å². The first kappa shape index (κ1) is 14.0. The van der Waals surface area contributed by atoms with Crippen LogP contribution in [0.25, 0.3) is 0 Å². The third-order valence-corrected chi connectivity index (χ3v) is 2.94. The van der Waals surface area contributed by atoms with E-state index in [0.717, 1.165) is 19.0 Å². The van der Waals surface area contributed by atoms with Gasteiger partial charge in [-0.15, -0.1) is 0 Å². The van der Waals surface area contributed by atoms with Crippen molar-refractivity contribution in [3.63, 3.8) is 0 Å². The van der Waals surface area contributed by atoms with E-state index in [0.29, 0.717) is 17.8 Å². The normalized spacial score (nSPS) is 10.5. The lowest BCUT2D eigenvalue weighted by Gasteiger charge is -2.09. The van der Waals surface area contributed by atoms with E-state index in [4.69, 9.17) is 0 Å². The van der Waals surface area contributed by atoms with Crippen molar-refractivity contribution in [1.29, 1.82) is 0 Å². The summed E-state index contributed by atoms with van der Waals surface area (Å²) < 4.78 is 15.3. The van der Waals surface area contributed by atoms with Crippen LogP contribution in [-0.2, 0) is 6.54 Å². The molecule has 0 aliphatic carbocycles. The van der Waals surface area contributed by atoms with Crippen molar-refractivity contribution in [3.05, 3.63) is 52.3 Å². The summed E-state index contributed by atoms with van der Waals surface area (Å²) in [6.07, 6.45) is 6.04. The Morgan fingerprint density at radius 1 is 1.50 bits per heavy atom. The Kier molecular flexibility index (Phi) is 4.29. The Bertz CT molecular complexity index is 599. The molecular formula is C13H15FN4O2. The fourth-order valence-corrected chi connectivity index (χ4v) is 1.87. The molecule has 6 nitrogen and oxygen atoms in total. The van der Waals surface area contributed by atoms with Gasteiger partial charge in [-0.25, -0.2) is 9.37 Å². The van der Waals surface area contributed by atoms with Crippen molar-refractivity contribution in [2.45, 2.75) is 19.9 Å². The second kappa shape index (κ2) is 6.14. The molecule has 2 rings (SSSR count). The predicted octanol–water partition coefficient (Wildman–Crippen LogP) is 2.74. The maximum Gasteiger partial charge on any atom is 0.295 e. The lowest BCUT2D eigenvalue weighted by Crippen LogP contribution is -2.08. The smallest absolute Gasteiger partial charge is 0.295 e. The van der Waals surface area contributed by atoms with E-state index in [9.17, 15) is 14.5 Å². The van der Waals surface area contributed by atoms with E-state index in [2.05, 4.69) is 10.3 Å². The minimum absolute atomic E-state index is 0.240. The van der Waals surface area contributed by atoms with Gasteiger partial charge in [0.05, 0.1) is 17.3 Å². The first-order chi connectivity index (χ1) is 9.58. The minimum atomic E-state index is -0.583. The van der Waals surface area contributed by atoms with E-state index in [1.54, 1.807) is 19.4 Å². The molecule has 0 spiro atoms. The molecule has 0 radical (unpaired) electrons. The van der Waals surface area contributed by atoms with Crippen LogP contribution in [0.3, 0.4) is 0 Å². The average Bonchev–Trinajstić information content (AvgIpc) is 2.91. The fourth-order valence-electron chi connectivity index (χ4n) is 1.87. The van der Waals surface area contributed by atoms with Gasteiger partial charge < -0.3 is 9.88 Å². The topological polar surface area (TPSA) is 73.0 Å². The van der Waals surface area contributed by atoms with Gasteiger partial charge in [0, 0.05) is 25.5 Å². The second-order valence-corrected chi connectivity index (χ2v) is 4.46. The zero-order valence-electron chi connectivity index (χ0n) is 11.0. The highest BCUT2D eigenvalue weighted by Crippen LogP contribution is 2.27. The maximum atomic E-state index is 13.4. The van der Waals surface area contributed by atoms with E-state index >= 15 is 0 Å². The number of aryl methyl sites for hydroxylation is 2. The third kappa shape index (κ3) is 3.31. The fraction of sp³-hybridized carbons (Fsp3) is 0.308. The van der Waals surface area contributed by atoms with Crippen LogP contribution in [0.1, 0.15) is 12.0 Å². The van der Waals surface area contributed by atoms with Crippen molar-refractivity contribution >= 4 is 11.4 Å². The van der Waals surface area contributed by atoms with Crippen LogP contribution >= 0.6 is 0 Å². The Hall–Kier alpha value is -2.44. The Morgan fingerprint density at radius 2 is 2.30 bits per heavy atom. The number of aromatic nitrogens is 2. The van der Waals surface area contributed by atoms with Gasteiger partial charge in [-0.1, -0.05) is 0 Å². The highest BCUT2D eigenvalue weighted by Gasteiger charge is 2.16. The standard InChI is InChI=1S/C13H15FN4O2/c1-10-7-12(13(18(19)20)8-11(10)14)16-3-2-5-17-6-4-15-9-17/h4,6-9,16H,2-3,5H2,1H3. The number of nitrogens with one attached hydrogen (secondary N) is 1. The number of nitro benzene ring substituents is 1. The molecule has 1 aromatic heterocycles. The summed E-state index contributed by atoms with van der Waals surface area (Å²) in [7, 11) is 0. The zero-order valence-corrected chi connectivity index (χ0v) is 11.0. The van der Waals surface area contributed by atoms with Gasteiger partial charge in [0.15, 0.2) is 0 Å². The molecule has 1 aromatic carbocycles. The first-order valence-corrected chi connectivity index (χ1v) is 6.22. The molecule has 2 aromatic rings.